The van der Waals surface area contributed by atoms with Gasteiger partial charge in [0.25, 0.3) is 0 Å². The second-order valence-electron chi connectivity index (χ2n) is 17.2. The van der Waals surface area contributed by atoms with Gasteiger partial charge in [-0.15, -0.1) is 6.58 Å². The lowest BCUT2D eigenvalue weighted by molar-refractivity contribution is -0.256. The molecule has 0 aromatic heterocycles. The summed E-state index contributed by atoms with van der Waals surface area (Å²) in [7, 11) is 1.88. The minimum Gasteiger partial charge on any atom is -0.459 e. The van der Waals surface area contributed by atoms with Crippen LogP contribution in [-0.4, -0.2) is 84.6 Å². The number of carbonyl (C=O) groups excluding carboxylic acids is 2. The van der Waals surface area contributed by atoms with Gasteiger partial charge >= 0.3 is 0 Å². The SMILES string of the molecule is C=CCOC12Oc3ccc(Oc4cccc(C=O)c4)cc3C3C(CCCCO)C(CCCCO)C=C(C(=NOC4CCCCO4)CC1N(C)C(=O)CCC1CCCC1)C32. The van der Waals surface area contributed by atoms with Gasteiger partial charge in [0.2, 0.25) is 18.0 Å². The number of ether oxygens (including phenoxy) is 4. The molecule has 59 heavy (non-hydrogen) atoms. The molecule has 2 aliphatic heterocycles. The maximum absolute atomic E-state index is 14.4. The molecule has 2 N–H and O–H groups in total. The van der Waals surface area contributed by atoms with Gasteiger partial charge in [-0.2, -0.15) is 0 Å². The van der Waals surface area contributed by atoms with Crippen LogP contribution in [0.3, 0.4) is 0 Å². The first kappa shape index (κ1) is 43.1. The molecule has 3 aliphatic carbocycles. The van der Waals surface area contributed by atoms with Gasteiger partial charge in [0, 0.05) is 56.6 Å². The Bertz CT molecular complexity index is 1800. The Morgan fingerprint density at radius 1 is 0.983 bits per heavy atom. The van der Waals surface area contributed by atoms with Gasteiger partial charge in [-0.3, -0.25) is 9.59 Å². The Balaban J connectivity index is 1.38. The maximum Gasteiger partial charge on any atom is 0.239 e. The molecule has 3 fully saturated rings. The number of hydrogen-bond donors (Lipinski definition) is 2. The van der Waals surface area contributed by atoms with Gasteiger partial charge in [-0.05, 0) is 98.6 Å². The van der Waals surface area contributed by atoms with E-state index in [1.165, 1.54) is 25.7 Å². The van der Waals surface area contributed by atoms with Crippen molar-refractivity contribution in [3.05, 3.63) is 77.9 Å². The Labute approximate surface area is 349 Å². The molecule has 320 valence electrons. The van der Waals surface area contributed by atoms with Crippen LogP contribution in [0.25, 0.3) is 0 Å². The van der Waals surface area contributed by atoms with E-state index < -0.39 is 24.0 Å². The number of fused-ring (bicyclic) bond motifs is 2. The predicted molar refractivity (Wildman–Crippen MR) is 225 cm³/mol. The van der Waals surface area contributed by atoms with Crippen molar-refractivity contribution in [1.82, 2.24) is 4.90 Å². The van der Waals surface area contributed by atoms with Crippen LogP contribution < -0.4 is 9.47 Å². The first-order chi connectivity index (χ1) is 28.9. The zero-order valence-corrected chi connectivity index (χ0v) is 34.8. The van der Waals surface area contributed by atoms with Gasteiger partial charge in [-0.1, -0.05) is 68.0 Å². The highest BCUT2D eigenvalue weighted by atomic mass is 16.8. The Morgan fingerprint density at radius 3 is 2.51 bits per heavy atom. The minimum absolute atomic E-state index is 0.0521. The van der Waals surface area contributed by atoms with Crippen molar-refractivity contribution in [2.24, 2.45) is 28.8 Å². The molecule has 11 nitrogen and oxygen atoms in total. The van der Waals surface area contributed by atoms with Gasteiger partial charge in [0.05, 0.1) is 24.8 Å². The molecule has 0 radical (unpaired) electrons. The highest BCUT2D eigenvalue weighted by molar-refractivity contribution is 6.03. The van der Waals surface area contributed by atoms with E-state index in [0.717, 1.165) is 74.5 Å². The molecule has 1 amide bonds. The zero-order valence-electron chi connectivity index (χ0n) is 34.8. The van der Waals surface area contributed by atoms with Gasteiger partial charge in [-0.25, -0.2) is 0 Å². The van der Waals surface area contributed by atoms with E-state index in [4.69, 9.17) is 28.9 Å². The van der Waals surface area contributed by atoms with E-state index >= 15 is 0 Å². The van der Waals surface area contributed by atoms with Crippen molar-refractivity contribution in [3.8, 4) is 17.2 Å². The molecule has 0 spiro atoms. The summed E-state index contributed by atoms with van der Waals surface area (Å²) in [6, 6.07) is 12.4. The number of hydrogen-bond acceptors (Lipinski definition) is 10. The molecule has 7 atom stereocenters. The zero-order chi connectivity index (χ0) is 41.2. The van der Waals surface area contributed by atoms with Crippen LogP contribution >= 0.6 is 0 Å². The molecule has 1 saturated heterocycles. The van der Waals surface area contributed by atoms with Gasteiger partial charge in [0.15, 0.2) is 0 Å². The third kappa shape index (κ3) is 9.80. The first-order valence-corrected chi connectivity index (χ1v) is 22.2. The van der Waals surface area contributed by atoms with Crippen molar-refractivity contribution in [2.45, 2.75) is 127 Å². The number of aldehydes is 1. The summed E-state index contributed by atoms with van der Waals surface area (Å²) in [5.41, 5.74) is 3.24. The molecule has 7 unspecified atom stereocenters. The number of likely N-dealkylation sites (N-methyl/N-ethyl adjacent to an activating group) is 1. The monoisotopic (exact) mass is 812 g/mol. The predicted octanol–water partition coefficient (Wildman–Crippen LogP) is 8.88. The number of amides is 1. The third-order valence-electron chi connectivity index (χ3n) is 13.4. The van der Waals surface area contributed by atoms with Gasteiger partial charge in [0.1, 0.15) is 29.6 Å². The normalized spacial score (nSPS) is 28.2. The fraction of sp³-hybridized carbons (Fsp3) is 0.604. The summed E-state index contributed by atoms with van der Waals surface area (Å²) < 4.78 is 26.8. The molecular weight excluding hydrogens is 749 g/mol. The molecule has 2 heterocycles. The number of nitrogens with zero attached hydrogens (tertiary/aromatic N) is 2. The Kier molecular flexibility index (Phi) is 15.0. The lowest BCUT2D eigenvalue weighted by Gasteiger charge is -2.59. The lowest BCUT2D eigenvalue weighted by Crippen LogP contribution is -2.69. The third-order valence-corrected chi connectivity index (χ3v) is 13.4. The highest BCUT2D eigenvalue weighted by Crippen LogP contribution is 2.62. The van der Waals surface area contributed by atoms with Crippen molar-refractivity contribution >= 4 is 17.9 Å². The Morgan fingerprint density at radius 2 is 1.76 bits per heavy atom. The number of benzene rings is 2. The largest absolute Gasteiger partial charge is 0.459 e. The maximum atomic E-state index is 14.4. The van der Waals surface area contributed by atoms with Crippen LogP contribution in [0.2, 0.25) is 0 Å². The topological polar surface area (TPSA) is 136 Å². The van der Waals surface area contributed by atoms with Crippen LogP contribution in [0.15, 0.2) is 71.9 Å². The summed E-state index contributed by atoms with van der Waals surface area (Å²) in [6.45, 7) is 5.09. The van der Waals surface area contributed by atoms with E-state index in [9.17, 15) is 19.8 Å². The average molecular weight is 813 g/mol. The molecule has 11 heteroatoms. The number of carbonyl (C=O) groups is 2. The standard InChI is InChI=1S/C48H64N2O9/c1-3-26-56-48-43(50(2)44(54)23-20-33-13-4-5-14-33)31-41(49-59-45-19-8-11-27-55-45)39-29-35(16-6-9-24-51)38(18-7-10-25-52)46(47(39)48)40-30-37(21-22-42(40)58-48)57-36-17-12-15-34(28-36)32-53/h3,12,15,17,21-22,28-30,32-33,35,38,43,45-47,51-52H,1,4-11,13-14,16,18-20,23-27,31H2,2H3. The lowest BCUT2D eigenvalue weighted by atomic mass is 9.55. The second-order valence-corrected chi connectivity index (χ2v) is 17.2. The van der Waals surface area contributed by atoms with Crippen molar-refractivity contribution in [2.75, 3.05) is 33.5 Å². The van der Waals surface area contributed by atoms with Gasteiger partial charge < -0.3 is 38.9 Å². The molecule has 0 bridgehead atoms. The number of allylic oxidation sites excluding steroid dienone is 1. The fourth-order valence-electron chi connectivity index (χ4n) is 10.5. The summed E-state index contributed by atoms with van der Waals surface area (Å²) in [6.07, 6.45) is 18.4. The summed E-state index contributed by atoms with van der Waals surface area (Å²) >= 11 is 0. The highest BCUT2D eigenvalue weighted by Gasteiger charge is 2.65. The molecule has 5 aliphatic rings. The Hall–Kier alpha value is -4.03. The number of rotatable bonds is 20. The van der Waals surface area contributed by atoms with Crippen LogP contribution in [0.5, 0.6) is 17.2 Å². The number of oxime groups is 1. The van der Waals surface area contributed by atoms with E-state index in [2.05, 4.69) is 18.7 Å². The number of aliphatic hydroxyl groups excluding tert-OH is 2. The van der Waals surface area contributed by atoms with E-state index in [1.54, 1.807) is 24.3 Å². The smallest absolute Gasteiger partial charge is 0.239 e. The van der Waals surface area contributed by atoms with Crippen molar-refractivity contribution in [1.29, 1.82) is 0 Å². The minimum atomic E-state index is -1.30. The molecule has 2 aromatic rings. The summed E-state index contributed by atoms with van der Waals surface area (Å²) in [4.78, 5) is 34.1. The van der Waals surface area contributed by atoms with E-state index in [0.29, 0.717) is 61.0 Å². The molecular formula is C48H64N2O9. The summed E-state index contributed by atoms with van der Waals surface area (Å²) in [5, 5.41) is 24.8. The van der Waals surface area contributed by atoms with Crippen LogP contribution in [-0.2, 0) is 19.1 Å². The van der Waals surface area contributed by atoms with Crippen LogP contribution in [0, 0.1) is 23.7 Å². The molecule has 7 rings (SSSR count). The van der Waals surface area contributed by atoms with E-state index in [1.807, 2.05) is 30.1 Å². The molecule has 2 saturated carbocycles. The fourth-order valence-corrected chi connectivity index (χ4v) is 10.5. The van der Waals surface area contributed by atoms with Crippen molar-refractivity contribution < 1.29 is 43.6 Å². The molecule has 2 aromatic carbocycles. The number of unbranched alkanes of at least 4 members (excludes halogenated alkanes) is 2. The number of aliphatic hydroxyl groups is 2. The van der Waals surface area contributed by atoms with Crippen molar-refractivity contribution in [3.63, 3.8) is 0 Å². The average Bonchev–Trinajstić information content (AvgIpc) is 3.79. The van der Waals surface area contributed by atoms with E-state index in [-0.39, 0.29) is 43.5 Å². The second kappa shape index (κ2) is 20.5. The first-order valence-electron chi connectivity index (χ1n) is 22.2. The van der Waals surface area contributed by atoms with Crippen LogP contribution in [0.1, 0.15) is 125 Å². The quantitative estimate of drug-likeness (QED) is 0.0582. The van der Waals surface area contributed by atoms with Crippen LogP contribution in [0.4, 0.5) is 0 Å². The summed E-state index contributed by atoms with van der Waals surface area (Å²) in [5.74, 6) is 0.745.